The smallest absolute Gasteiger partial charge is 0.316 e. The van der Waals surface area contributed by atoms with Crippen LogP contribution in [0.4, 0.5) is 4.79 Å². The van der Waals surface area contributed by atoms with E-state index in [1.807, 2.05) is 45.0 Å². The van der Waals surface area contributed by atoms with E-state index < -0.39 is 5.54 Å². The molecule has 1 aromatic rings. The average Bonchev–Trinajstić information content (AvgIpc) is 2.36. The van der Waals surface area contributed by atoms with E-state index in [-0.39, 0.29) is 12.6 Å². The first-order valence-corrected chi connectivity index (χ1v) is 6.12. The molecule has 3 heteroatoms. The van der Waals surface area contributed by atoms with Crippen molar-refractivity contribution in [1.29, 1.82) is 0 Å². The van der Waals surface area contributed by atoms with Crippen LogP contribution in [-0.2, 0) is 5.54 Å². The van der Waals surface area contributed by atoms with Gasteiger partial charge in [-0.25, -0.2) is 4.79 Å². The highest BCUT2D eigenvalue weighted by molar-refractivity contribution is 5.75. The van der Waals surface area contributed by atoms with E-state index in [9.17, 15) is 4.79 Å². The van der Waals surface area contributed by atoms with Gasteiger partial charge in [-0.1, -0.05) is 36.3 Å². The van der Waals surface area contributed by atoms with Crippen LogP contribution in [0.5, 0.6) is 0 Å². The van der Waals surface area contributed by atoms with Crippen LogP contribution in [0.1, 0.15) is 31.9 Å². The summed E-state index contributed by atoms with van der Waals surface area (Å²) >= 11 is 0. The van der Waals surface area contributed by atoms with Crippen molar-refractivity contribution in [1.82, 2.24) is 10.6 Å². The maximum Gasteiger partial charge on any atom is 0.316 e. The largest absolute Gasteiger partial charge is 0.329 e. The summed E-state index contributed by atoms with van der Waals surface area (Å²) in [7, 11) is 0. The van der Waals surface area contributed by atoms with E-state index in [1.54, 1.807) is 0 Å². The molecular weight excluding hydrogens is 236 g/mol. The summed E-state index contributed by atoms with van der Waals surface area (Å²) in [6.07, 6.45) is 5.10. The van der Waals surface area contributed by atoms with Gasteiger partial charge >= 0.3 is 6.03 Å². The molecule has 3 nitrogen and oxygen atoms in total. The second kappa shape index (κ2) is 6.10. The van der Waals surface area contributed by atoms with Crippen LogP contribution in [0, 0.1) is 12.3 Å². The van der Waals surface area contributed by atoms with Crippen LogP contribution in [0.25, 0.3) is 5.57 Å². The van der Waals surface area contributed by atoms with Crippen LogP contribution in [0.2, 0.25) is 0 Å². The Balaban J connectivity index is 2.88. The molecule has 0 spiro atoms. The molecule has 2 N–H and O–H groups in total. The van der Waals surface area contributed by atoms with Crippen molar-refractivity contribution in [2.75, 3.05) is 6.54 Å². The molecule has 0 heterocycles. The first-order chi connectivity index (χ1) is 8.86. The van der Waals surface area contributed by atoms with Crippen LogP contribution >= 0.6 is 0 Å². The number of urea groups is 1. The Morgan fingerprint density at radius 3 is 2.74 bits per heavy atom. The van der Waals surface area contributed by atoms with Gasteiger partial charge in [-0.15, -0.1) is 6.42 Å². The Morgan fingerprint density at radius 1 is 1.47 bits per heavy atom. The first kappa shape index (κ1) is 14.8. The minimum absolute atomic E-state index is 0.216. The van der Waals surface area contributed by atoms with Gasteiger partial charge in [-0.3, -0.25) is 0 Å². The van der Waals surface area contributed by atoms with E-state index in [0.717, 1.165) is 16.7 Å². The lowest BCUT2D eigenvalue weighted by Gasteiger charge is -2.27. The molecule has 0 radical (unpaired) electrons. The standard InChI is InChI=1S/C16H20N2O/c1-6-10-17-15(19)18-16(4,5)14-9-7-8-13(11-14)12(2)3/h1,7-9,11H,2,10H2,3-5H3,(H2,17,18,19). The Kier molecular flexibility index (Phi) is 4.77. The van der Waals surface area contributed by atoms with Crippen LogP contribution < -0.4 is 10.6 Å². The molecule has 0 fully saturated rings. The zero-order chi connectivity index (χ0) is 14.5. The second-order valence-electron chi connectivity index (χ2n) is 5.00. The lowest BCUT2D eigenvalue weighted by Crippen LogP contribution is -2.46. The van der Waals surface area contributed by atoms with Gasteiger partial charge in [0.1, 0.15) is 0 Å². The van der Waals surface area contributed by atoms with Crippen LogP contribution in [0.3, 0.4) is 0 Å². The predicted molar refractivity (Wildman–Crippen MR) is 79.5 cm³/mol. The van der Waals surface area contributed by atoms with Crippen LogP contribution in [-0.4, -0.2) is 12.6 Å². The van der Waals surface area contributed by atoms with E-state index in [2.05, 4.69) is 23.1 Å². The number of terminal acetylenes is 1. The third kappa shape index (κ3) is 4.18. The topological polar surface area (TPSA) is 41.1 Å². The van der Waals surface area contributed by atoms with E-state index in [0.29, 0.717) is 0 Å². The summed E-state index contributed by atoms with van der Waals surface area (Å²) in [6.45, 7) is 9.99. The summed E-state index contributed by atoms with van der Waals surface area (Å²) in [5.41, 5.74) is 2.60. The fourth-order valence-electron chi connectivity index (χ4n) is 1.70. The molecule has 100 valence electrons. The lowest BCUT2D eigenvalue weighted by molar-refractivity contribution is 0.231. The Hall–Kier alpha value is -2.21. The molecule has 0 unspecified atom stereocenters. The molecule has 0 aliphatic heterocycles. The van der Waals surface area contributed by atoms with E-state index in [4.69, 9.17) is 6.42 Å². The molecule has 0 aromatic heterocycles. The second-order valence-corrected chi connectivity index (χ2v) is 5.00. The molecular formula is C16H20N2O. The van der Waals surface area contributed by atoms with Gasteiger partial charge in [-0.05, 0) is 38.0 Å². The highest BCUT2D eigenvalue weighted by Crippen LogP contribution is 2.23. The normalized spacial score (nSPS) is 10.4. The number of hydrogen-bond acceptors (Lipinski definition) is 1. The summed E-state index contributed by atoms with van der Waals surface area (Å²) in [5, 5.41) is 5.49. The minimum Gasteiger partial charge on any atom is -0.329 e. The average molecular weight is 256 g/mol. The molecule has 0 bridgehead atoms. The summed E-state index contributed by atoms with van der Waals surface area (Å²) < 4.78 is 0. The van der Waals surface area contributed by atoms with Crippen molar-refractivity contribution < 1.29 is 4.79 Å². The number of rotatable bonds is 4. The fourth-order valence-corrected chi connectivity index (χ4v) is 1.70. The van der Waals surface area contributed by atoms with Crippen molar-refractivity contribution in [2.45, 2.75) is 26.3 Å². The van der Waals surface area contributed by atoms with Gasteiger partial charge in [0.2, 0.25) is 0 Å². The number of nitrogens with one attached hydrogen (secondary N) is 2. The summed E-state index contributed by atoms with van der Waals surface area (Å²) in [5.74, 6) is 2.36. The molecule has 0 aliphatic rings. The molecule has 0 saturated carbocycles. The summed E-state index contributed by atoms with van der Waals surface area (Å²) in [6, 6.07) is 7.70. The Bertz CT molecular complexity index is 524. The van der Waals surface area contributed by atoms with Crippen molar-refractivity contribution in [2.24, 2.45) is 0 Å². The monoisotopic (exact) mass is 256 g/mol. The van der Waals surface area contributed by atoms with Gasteiger partial charge in [0.15, 0.2) is 0 Å². The third-order valence-corrected chi connectivity index (χ3v) is 2.85. The highest BCUT2D eigenvalue weighted by Gasteiger charge is 2.22. The molecule has 1 aromatic carbocycles. The number of amides is 2. The third-order valence-electron chi connectivity index (χ3n) is 2.85. The molecule has 0 saturated heterocycles. The number of carbonyl (C=O) groups excluding carboxylic acids is 1. The van der Waals surface area contributed by atoms with Gasteiger partial charge in [0, 0.05) is 0 Å². The molecule has 19 heavy (non-hydrogen) atoms. The Labute approximate surface area is 115 Å². The van der Waals surface area contributed by atoms with Gasteiger partial charge < -0.3 is 10.6 Å². The number of benzene rings is 1. The van der Waals surface area contributed by atoms with Crippen molar-refractivity contribution >= 4 is 11.6 Å². The number of hydrogen-bond donors (Lipinski definition) is 2. The first-order valence-electron chi connectivity index (χ1n) is 6.12. The Morgan fingerprint density at radius 2 is 2.16 bits per heavy atom. The maximum atomic E-state index is 11.7. The molecule has 2 amide bonds. The molecule has 0 aliphatic carbocycles. The predicted octanol–water partition coefficient (Wildman–Crippen LogP) is 2.89. The maximum absolute atomic E-state index is 11.7. The van der Waals surface area contributed by atoms with Gasteiger partial charge in [0.25, 0.3) is 0 Å². The number of carbonyl (C=O) groups is 1. The number of allylic oxidation sites excluding steroid dienone is 1. The zero-order valence-electron chi connectivity index (χ0n) is 11.7. The zero-order valence-corrected chi connectivity index (χ0v) is 11.7. The SMILES string of the molecule is C#CCNC(=O)NC(C)(C)c1cccc(C(=C)C)c1. The quantitative estimate of drug-likeness (QED) is 0.799. The van der Waals surface area contributed by atoms with E-state index >= 15 is 0 Å². The lowest BCUT2D eigenvalue weighted by atomic mass is 9.92. The van der Waals surface area contributed by atoms with Crippen molar-refractivity contribution in [3.63, 3.8) is 0 Å². The highest BCUT2D eigenvalue weighted by atomic mass is 16.2. The molecule has 1 rings (SSSR count). The minimum atomic E-state index is -0.482. The van der Waals surface area contributed by atoms with Crippen LogP contribution in [0.15, 0.2) is 30.8 Å². The van der Waals surface area contributed by atoms with Crippen molar-refractivity contribution in [3.8, 4) is 12.3 Å². The van der Waals surface area contributed by atoms with Crippen molar-refractivity contribution in [3.05, 3.63) is 42.0 Å². The fraction of sp³-hybridized carbons (Fsp3) is 0.312. The van der Waals surface area contributed by atoms with Gasteiger partial charge in [0.05, 0.1) is 12.1 Å². The van der Waals surface area contributed by atoms with Gasteiger partial charge in [-0.2, -0.15) is 0 Å². The summed E-state index contributed by atoms with van der Waals surface area (Å²) in [4.78, 5) is 11.7. The molecule has 0 atom stereocenters. The van der Waals surface area contributed by atoms with E-state index in [1.165, 1.54) is 0 Å².